The average Bonchev–Trinajstić information content (AvgIpc) is 4.10. The lowest BCUT2D eigenvalue weighted by Crippen LogP contribution is -2.53. The number of anilines is 3. The lowest BCUT2D eigenvalue weighted by atomic mass is 9.94. The van der Waals surface area contributed by atoms with Gasteiger partial charge in [-0.1, -0.05) is 71.5 Å². The normalized spacial score (nSPS) is 26.3. The smallest absolute Gasteiger partial charge is 0.239 e. The Morgan fingerprint density at radius 1 is 0.494 bits per heavy atom. The number of carbonyl (C=O) groups excluding carboxylic acids is 3. The average molecular weight is 1200 g/mol. The summed E-state index contributed by atoms with van der Waals surface area (Å²) >= 11 is 22.1. The molecule has 9 heterocycles. The molecule has 19 heteroatoms. The van der Waals surface area contributed by atoms with Gasteiger partial charge in [-0.15, -0.1) is 0 Å². The minimum absolute atomic E-state index is 0.0409. The zero-order chi connectivity index (χ0) is 56.1. The summed E-state index contributed by atoms with van der Waals surface area (Å²) in [5.74, 6) is 2.37. The van der Waals surface area contributed by atoms with E-state index in [-0.39, 0.29) is 40.7 Å². The Morgan fingerprint density at radius 3 is 1.16 bits per heavy atom. The zero-order valence-corrected chi connectivity index (χ0v) is 50.2. The Balaban J connectivity index is 0.000000135. The molecule has 0 bridgehead atoms. The molecule has 6 saturated heterocycles. The fraction of sp³-hybridized carbons (Fsp3) is 0.500. The van der Waals surface area contributed by atoms with Crippen molar-refractivity contribution >= 4 is 118 Å². The first-order valence-corrected chi connectivity index (χ1v) is 30.0. The standard InChI is InChI=1S/2C20H25ClN4O.C15H18ClN3.C5H8BrNO/c2*1-13-10-14(23-17-7-9-24(2)20(17)26)12-25(11-13)18-6-5-16(21)19-15(18)4-3-8-22-19;1-10-7-11(17)9-19(8-10)14-5-4-13(16)15-12(14)3-2-6-18-15;1-7-3-2-4(6)5(7)8/h2*3-6,8,13-14,17,23H,7,9-12H2,1-2H3;2-6,10-11H,7-9,17H2,1H3;4H,2-3H2,1H3/t2*13-,14+,17?;10-,11+;/m000./s1. The van der Waals surface area contributed by atoms with Crippen molar-refractivity contribution in [3.8, 4) is 0 Å². The van der Waals surface area contributed by atoms with Crippen LogP contribution in [0.25, 0.3) is 32.7 Å². The molecule has 422 valence electrons. The summed E-state index contributed by atoms with van der Waals surface area (Å²) in [5.41, 5.74) is 12.2. The molecule has 6 aliphatic heterocycles. The maximum atomic E-state index is 12.3. The maximum Gasteiger partial charge on any atom is 0.239 e. The summed E-state index contributed by atoms with van der Waals surface area (Å²) in [4.78, 5) is 61.2. The summed E-state index contributed by atoms with van der Waals surface area (Å²) < 4.78 is 0. The van der Waals surface area contributed by atoms with E-state index in [4.69, 9.17) is 40.5 Å². The van der Waals surface area contributed by atoms with Crippen LogP contribution in [0.2, 0.25) is 15.1 Å². The molecule has 12 rings (SSSR count). The van der Waals surface area contributed by atoms with E-state index in [9.17, 15) is 14.4 Å². The van der Waals surface area contributed by atoms with Gasteiger partial charge in [0.2, 0.25) is 17.7 Å². The summed E-state index contributed by atoms with van der Waals surface area (Å²) in [6.45, 7) is 15.1. The molecule has 6 fully saturated rings. The Bertz CT molecular complexity index is 2960. The lowest BCUT2D eigenvalue weighted by molar-refractivity contribution is -0.129. The van der Waals surface area contributed by atoms with Crippen LogP contribution >= 0.6 is 50.7 Å². The van der Waals surface area contributed by atoms with E-state index in [1.54, 1.807) is 23.5 Å². The van der Waals surface area contributed by atoms with Crippen LogP contribution < -0.4 is 31.1 Å². The monoisotopic (exact) mass is 1200 g/mol. The van der Waals surface area contributed by atoms with Crippen molar-refractivity contribution in [3.05, 3.63) is 106 Å². The number of carbonyl (C=O) groups is 3. The molecular formula is C60H76BrCl3N12O3. The van der Waals surface area contributed by atoms with E-state index in [1.807, 2.05) is 67.3 Å². The summed E-state index contributed by atoms with van der Waals surface area (Å²) in [5, 5.41) is 12.6. The van der Waals surface area contributed by atoms with Gasteiger partial charge in [0.1, 0.15) is 0 Å². The van der Waals surface area contributed by atoms with Gasteiger partial charge in [-0.2, -0.15) is 0 Å². The summed E-state index contributed by atoms with van der Waals surface area (Å²) in [6.07, 6.45) is 11.4. The number of piperidine rings is 3. The van der Waals surface area contributed by atoms with Crippen LogP contribution in [0.1, 0.15) is 59.3 Å². The summed E-state index contributed by atoms with van der Waals surface area (Å²) in [7, 11) is 5.59. The lowest BCUT2D eigenvalue weighted by Gasteiger charge is -2.39. The number of alkyl halides is 1. The molecule has 6 aromatic rings. The minimum atomic E-state index is -0.0409. The topological polar surface area (TPSA) is 159 Å². The number of nitrogens with one attached hydrogen (secondary N) is 2. The number of aromatic nitrogens is 3. The fourth-order valence-corrected chi connectivity index (χ4v) is 13.6. The van der Waals surface area contributed by atoms with E-state index in [2.05, 4.69) is 113 Å². The number of rotatable bonds is 7. The van der Waals surface area contributed by atoms with Crippen molar-refractivity contribution in [2.75, 3.05) is 94.7 Å². The number of likely N-dealkylation sites (tertiary alicyclic amines) is 3. The number of nitrogens with two attached hydrogens (primary N) is 1. The number of halogens is 4. The van der Waals surface area contributed by atoms with Gasteiger partial charge >= 0.3 is 0 Å². The van der Waals surface area contributed by atoms with Crippen LogP contribution in [0, 0.1) is 17.8 Å². The quantitative estimate of drug-likeness (QED) is 0.130. The molecular weight excluding hydrogens is 1120 g/mol. The van der Waals surface area contributed by atoms with Crippen LogP contribution in [0.4, 0.5) is 17.1 Å². The van der Waals surface area contributed by atoms with E-state index in [0.29, 0.717) is 44.9 Å². The third kappa shape index (κ3) is 14.0. The second-order valence-corrected chi connectivity index (χ2v) is 25.2. The van der Waals surface area contributed by atoms with Gasteiger partial charge in [0, 0.05) is 150 Å². The highest BCUT2D eigenvalue weighted by Crippen LogP contribution is 2.36. The number of likely N-dealkylation sites (N-methyl/N-ethyl adjacent to an activating group) is 2. The van der Waals surface area contributed by atoms with Gasteiger partial charge < -0.3 is 45.8 Å². The molecule has 6 aliphatic rings. The molecule has 79 heavy (non-hydrogen) atoms. The highest BCUT2D eigenvalue weighted by Gasteiger charge is 2.36. The third-order valence-corrected chi connectivity index (χ3v) is 18.0. The first kappa shape index (κ1) is 58.6. The third-order valence-electron chi connectivity index (χ3n) is 16.2. The van der Waals surface area contributed by atoms with Crippen molar-refractivity contribution in [3.63, 3.8) is 0 Å². The molecule has 0 aliphatic carbocycles. The molecule has 9 atom stereocenters. The molecule has 0 radical (unpaired) electrons. The van der Waals surface area contributed by atoms with E-state index in [1.165, 1.54) is 17.1 Å². The second kappa shape index (κ2) is 26.2. The van der Waals surface area contributed by atoms with Crippen molar-refractivity contribution in [2.24, 2.45) is 23.5 Å². The highest BCUT2D eigenvalue weighted by molar-refractivity contribution is 9.10. The molecule has 0 spiro atoms. The second-order valence-electron chi connectivity index (χ2n) is 22.8. The molecule has 4 N–H and O–H groups in total. The van der Waals surface area contributed by atoms with Gasteiger partial charge in [-0.3, -0.25) is 29.3 Å². The number of benzene rings is 3. The van der Waals surface area contributed by atoms with Gasteiger partial charge in [0.05, 0.1) is 48.5 Å². The van der Waals surface area contributed by atoms with Crippen LogP contribution in [0.3, 0.4) is 0 Å². The predicted octanol–water partition coefficient (Wildman–Crippen LogP) is 9.52. The van der Waals surface area contributed by atoms with Crippen molar-refractivity contribution < 1.29 is 14.4 Å². The first-order chi connectivity index (χ1) is 37.9. The van der Waals surface area contributed by atoms with Gasteiger partial charge in [-0.25, -0.2) is 0 Å². The Labute approximate surface area is 489 Å². The van der Waals surface area contributed by atoms with E-state index >= 15 is 0 Å². The Kier molecular flexibility index (Phi) is 19.5. The molecule has 3 amide bonds. The number of amides is 3. The fourth-order valence-electron chi connectivity index (χ4n) is 12.4. The number of pyridine rings is 3. The first-order valence-electron chi connectivity index (χ1n) is 27.9. The minimum Gasteiger partial charge on any atom is -0.369 e. The molecule has 3 aromatic carbocycles. The summed E-state index contributed by atoms with van der Waals surface area (Å²) in [6, 6.07) is 24.9. The number of fused-ring (bicyclic) bond motifs is 3. The molecule has 15 nitrogen and oxygen atoms in total. The SMILES string of the molecule is CN1CCC(Br)C1=O.C[C@H]1C[C@@H](N)CN(c2ccc(Cl)c3ncccc23)C1.C[C@H]1C[C@@H](NC2CCN(C)C2=O)CN(c2ccc(Cl)c3ncccc23)C1.C[C@H]1C[C@@H](NC2CCN(C)C2=O)CN(c2ccc(Cl)c3ncccc23)C1. The number of hydrogen-bond donors (Lipinski definition) is 3. The molecule has 0 saturated carbocycles. The molecule has 3 unspecified atom stereocenters. The van der Waals surface area contributed by atoms with Gasteiger partial charge in [-0.05, 0) is 129 Å². The number of hydrogen-bond acceptors (Lipinski definition) is 12. The maximum absolute atomic E-state index is 12.3. The van der Waals surface area contributed by atoms with Crippen LogP contribution in [-0.4, -0.2) is 162 Å². The van der Waals surface area contributed by atoms with Gasteiger partial charge in [0.15, 0.2) is 0 Å². The van der Waals surface area contributed by atoms with E-state index in [0.717, 1.165) is 130 Å². The van der Waals surface area contributed by atoms with Gasteiger partial charge in [0.25, 0.3) is 0 Å². The van der Waals surface area contributed by atoms with Crippen LogP contribution in [0.15, 0.2) is 91.4 Å². The number of nitrogens with zero attached hydrogens (tertiary/aromatic N) is 9. The van der Waals surface area contributed by atoms with Crippen molar-refractivity contribution in [1.29, 1.82) is 0 Å². The Morgan fingerprint density at radius 2 is 0.848 bits per heavy atom. The van der Waals surface area contributed by atoms with Crippen molar-refractivity contribution in [2.45, 2.75) is 94.3 Å². The molecule has 3 aromatic heterocycles. The zero-order valence-electron chi connectivity index (χ0n) is 46.3. The largest absolute Gasteiger partial charge is 0.369 e. The highest BCUT2D eigenvalue weighted by atomic mass is 79.9. The van der Waals surface area contributed by atoms with Crippen molar-refractivity contribution in [1.82, 2.24) is 40.3 Å². The van der Waals surface area contributed by atoms with Crippen LogP contribution in [-0.2, 0) is 14.4 Å². The Hall–Kier alpha value is -5.07. The predicted molar refractivity (Wildman–Crippen MR) is 327 cm³/mol. The van der Waals surface area contributed by atoms with Crippen LogP contribution in [0.5, 0.6) is 0 Å². The van der Waals surface area contributed by atoms with E-state index < -0.39 is 0 Å².